The van der Waals surface area contributed by atoms with Gasteiger partial charge in [-0.05, 0) is 66.9 Å². The predicted octanol–water partition coefficient (Wildman–Crippen LogP) is 7.69. The second kappa shape index (κ2) is 12.2. The van der Waals surface area contributed by atoms with Gasteiger partial charge in [-0.3, -0.25) is 0 Å². The van der Waals surface area contributed by atoms with E-state index in [2.05, 4.69) is 49.2 Å². The smallest absolute Gasteiger partial charge is 0.214 e. The number of methoxy groups -OCH3 is 1. The van der Waals surface area contributed by atoms with Gasteiger partial charge in [0.2, 0.25) is 6.23 Å². The van der Waals surface area contributed by atoms with Crippen molar-refractivity contribution in [3.63, 3.8) is 0 Å². The van der Waals surface area contributed by atoms with Crippen molar-refractivity contribution in [1.29, 1.82) is 0 Å². The molecule has 6 heteroatoms. The molecule has 0 amide bonds. The summed E-state index contributed by atoms with van der Waals surface area (Å²) >= 11 is 0. The molecule has 0 saturated heterocycles. The summed E-state index contributed by atoms with van der Waals surface area (Å²) in [6, 6.07) is 22.7. The molecular formula is C32H38N2O4. The predicted molar refractivity (Wildman–Crippen MR) is 150 cm³/mol. The van der Waals surface area contributed by atoms with Crippen molar-refractivity contribution in [3.05, 3.63) is 83.4 Å². The highest BCUT2D eigenvalue weighted by Crippen LogP contribution is 2.48. The van der Waals surface area contributed by atoms with Crippen LogP contribution in [-0.4, -0.2) is 31.0 Å². The molecule has 0 fully saturated rings. The van der Waals surface area contributed by atoms with Crippen molar-refractivity contribution < 1.29 is 18.9 Å². The number of rotatable bonds is 12. The zero-order chi connectivity index (χ0) is 26.3. The third kappa shape index (κ3) is 5.59. The van der Waals surface area contributed by atoms with Crippen LogP contribution in [0.25, 0.3) is 0 Å². The topological polar surface area (TPSA) is 52.5 Å². The van der Waals surface area contributed by atoms with Gasteiger partial charge in [0, 0.05) is 17.5 Å². The Morgan fingerprint density at radius 2 is 1.66 bits per heavy atom. The Hall–Kier alpha value is -3.67. The van der Waals surface area contributed by atoms with Crippen molar-refractivity contribution in [1.82, 2.24) is 5.01 Å². The molecule has 0 spiro atoms. The molecule has 0 aromatic heterocycles. The van der Waals surface area contributed by atoms with Gasteiger partial charge in [-0.2, -0.15) is 5.10 Å². The minimum Gasteiger partial charge on any atom is -0.494 e. The normalized spacial score (nSPS) is 17.8. The third-order valence-corrected chi connectivity index (χ3v) is 7.13. The fourth-order valence-corrected chi connectivity index (χ4v) is 5.00. The summed E-state index contributed by atoms with van der Waals surface area (Å²) < 4.78 is 24.1. The number of hydrogen-bond donors (Lipinski definition) is 0. The SMILES string of the molecule is CCCCCOc1ccc([C@H]2Oc3ccccc3[C@@H]3CC(c4ccc(OCCCC)cc4)=NN23)cc1OC. The van der Waals surface area contributed by atoms with Crippen LogP contribution >= 0.6 is 0 Å². The zero-order valence-electron chi connectivity index (χ0n) is 22.7. The van der Waals surface area contributed by atoms with Gasteiger partial charge in [-0.1, -0.05) is 51.3 Å². The average Bonchev–Trinajstić information content (AvgIpc) is 3.41. The quantitative estimate of drug-likeness (QED) is 0.232. The highest BCUT2D eigenvalue weighted by atomic mass is 16.5. The minimum atomic E-state index is -0.368. The highest BCUT2D eigenvalue weighted by molar-refractivity contribution is 6.02. The van der Waals surface area contributed by atoms with E-state index in [-0.39, 0.29) is 12.3 Å². The number of hydrogen-bond acceptors (Lipinski definition) is 6. The van der Waals surface area contributed by atoms with Gasteiger partial charge in [0.15, 0.2) is 11.5 Å². The van der Waals surface area contributed by atoms with E-state index < -0.39 is 0 Å². The van der Waals surface area contributed by atoms with Gasteiger partial charge in [0.25, 0.3) is 0 Å². The number of para-hydroxylation sites is 1. The molecule has 5 rings (SSSR count). The number of benzene rings is 3. The first-order valence-electron chi connectivity index (χ1n) is 13.9. The van der Waals surface area contributed by atoms with Gasteiger partial charge in [-0.25, -0.2) is 5.01 Å². The number of fused-ring (bicyclic) bond motifs is 3. The van der Waals surface area contributed by atoms with Crippen LogP contribution in [0.2, 0.25) is 0 Å². The molecule has 0 radical (unpaired) electrons. The summed E-state index contributed by atoms with van der Waals surface area (Å²) in [5.74, 6) is 3.26. The van der Waals surface area contributed by atoms with E-state index in [1.165, 1.54) is 0 Å². The lowest BCUT2D eigenvalue weighted by molar-refractivity contribution is -0.0191. The van der Waals surface area contributed by atoms with Crippen LogP contribution in [0.4, 0.5) is 0 Å². The molecular weight excluding hydrogens is 476 g/mol. The van der Waals surface area contributed by atoms with Crippen LogP contribution < -0.4 is 18.9 Å². The molecule has 2 heterocycles. The number of ether oxygens (including phenoxy) is 4. The molecule has 6 nitrogen and oxygen atoms in total. The fourth-order valence-electron chi connectivity index (χ4n) is 5.00. The van der Waals surface area contributed by atoms with Crippen LogP contribution in [-0.2, 0) is 0 Å². The lowest BCUT2D eigenvalue weighted by Crippen LogP contribution is -2.33. The van der Waals surface area contributed by atoms with Crippen molar-refractivity contribution in [2.75, 3.05) is 20.3 Å². The summed E-state index contributed by atoms with van der Waals surface area (Å²) in [4.78, 5) is 0. The molecule has 2 atom stereocenters. The van der Waals surface area contributed by atoms with Crippen LogP contribution in [0.1, 0.15) is 81.3 Å². The van der Waals surface area contributed by atoms with Crippen molar-refractivity contribution in [2.24, 2.45) is 5.10 Å². The molecule has 200 valence electrons. The molecule has 38 heavy (non-hydrogen) atoms. The van der Waals surface area contributed by atoms with E-state index in [1.807, 2.05) is 36.4 Å². The first kappa shape index (κ1) is 26.0. The van der Waals surface area contributed by atoms with Gasteiger partial charge in [0.05, 0.1) is 32.1 Å². The van der Waals surface area contributed by atoms with Crippen molar-refractivity contribution in [3.8, 4) is 23.0 Å². The first-order valence-corrected chi connectivity index (χ1v) is 13.9. The van der Waals surface area contributed by atoms with E-state index in [1.54, 1.807) is 7.11 Å². The Kier molecular flexibility index (Phi) is 8.37. The number of hydrazone groups is 1. The maximum Gasteiger partial charge on any atom is 0.214 e. The Labute approximate surface area is 226 Å². The van der Waals surface area contributed by atoms with Gasteiger partial charge >= 0.3 is 0 Å². The molecule has 3 aromatic carbocycles. The lowest BCUT2D eigenvalue weighted by atomic mass is 9.96. The summed E-state index contributed by atoms with van der Waals surface area (Å²) in [5, 5.41) is 7.20. The van der Waals surface area contributed by atoms with Gasteiger partial charge in [0.1, 0.15) is 11.5 Å². The zero-order valence-corrected chi connectivity index (χ0v) is 22.7. The average molecular weight is 515 g/mol. The van der Waals surface area contributed by atoms with E-state index >= 15 is 0 Å². The highest BCUT2D eigenvalue weighted by Gasteiger charge is 2.41. The van der Waals surface area contributed by atoms with E-state index in [9.17, 15) is 0 Å². The maximum atomic E-state index is 6.55. The van der Waals surface area contributed by atoms with Crippen molar-refractivity contribution in [2.45, 2.75) is 64.6 Å². The van der Waals surface area contributed by atoms with E-state index in [0.29, 0.717) is 12.4 Å². The molecule has 3 aromatic rings. The molecule has 2 aliphatic rings. The monoisotopic (exact) mass is 514 g/mol. The largest absolute Gasteiger partial charge is 0.494 e. The Balaban J connectivity index is 1.41. The van der Waals surface area contributed by atoms with Crippen LogP contribution in [0, 0.1) is 0 Å². The summed E-state index contributed by atoms with van der Waals surface area (Å²) in [6.45, 7) is 5.78. The second-order valence-corrected chi connectivity index (χ2v) is 9.85. The van der Waals surface area contributed by atoms with Crippen LogP contribution in [0.15, 0.2) is 71.8 Å². The maximum absolute atomic E-state index is 6.55. The molecule has 0 bridgehead atoms. The summed E-state index contributed by atoms with van der Waals surface area (Å²) in [5.41, 5.74) is 4.28. The standard InChI is InChI=1S/C32H38N2O4/c1-4-6-10-20-37-30-18-15-24(21-31(30)35-3)32-34-28(26-11-8-9-12-29(26)38-32)22-27(33-34)23-13-16-25(17-14-23)36-19-7-5-2/h8-9,11-18,21,28,32H,4-7,10,19-20,22H2,1-3H3/t28-,32+/m0/s1. The third-order valence-electron chi connectivity index (χ3n) is 7.13. The molecule has 0 N–H and O–H groups in total. The number of nitrogens with zero attached hydrogens (tertiary/aromatic N) is 2. The molecule has 0 saturated carbocycles. The van der Waals surface area contributed by atoms with Crippen molar-refractivity contribution >= 4 is 5.71 Å². The van der Waals surface area contributed by atoms with Gasteiger partial charge in [-0.15, -0.1) is 0 Å². The lowest BCUT2D eigenvalue weighted by Gasteiger charge is -2.38. The van der Waals surface area contributed by atoms with Gasteiger partial charge < -0.3 is 18.9 Å². The number of unbranched alkanes of at least 4 members (excludes halogenated alkanes) is 3. The Bertz CT molecular complexity index is 1240. The Morgan fingerprint density at radius 1 is 0.868 bits per heavy atom. The first-order chi connectivity index (χ1) is 18.7. The second-order valence-electron chi connectivity index (χ2n) is 9.85. The van der Waals surface area contributed by atoms with E-state index in [0.717, 1.165) is 84.8 Å². The molecule has 2 aliphatic heterocycles. The molecule has 0 aliphatic carbocycles. The molecule has 0 unspecified atom stereocenters. The Morgan fingerprint density at radius 3 is 2.45 bits per heavy atom. The van der Waals surface area contributed by atoms with Crippen LogP contribution in [0.5, 0.6) is 23.0 Å². The summed E-state index contributed by atoms with van der Waals surface area (Å²) in [7, 11) is 1.68. The summed E-state index contributed by atoms with van der Waals surface area (Å²) in [6.07, 6.45) is 5.97. The van der Waals surface area contributed by atoms with Crippen LogP contribution in [0.3, 0.4) is 0 Å². The minimum absolute atomic E-state index is 0.0939. The fraction of sp³-hybridized carbons (Fsp3) is 0.406. The van der Waals surface area contributed by atoms with E-state index in [4.69, 9.17) is 24.0 Å².